The molecule has 30 heavy (non-hydrogen) atoms. The SMILES string of the molecule is CC(C)CN1CCC(NC(=O)N2CCN(S(=O)(=O)c3cc(Cl)ccc3Cl)CC2)CC1. The third-order valence-corrected chi connectivity index (χ3v) is 8.19. The van der Waals surface area contributed by atoms with Crippen LogP contribution in [0.2, 0.25) is 10.0 Å². The molecule has 0 radical (unpaired) electrons. The van der Waals surface area contributed by atoms with E-state index in [-0.39, 0.29) is 35.1 Å². The topological polar surface area (TPSA) is 73.0 Å². The monoisotopic (exact) mass is 476 g/mol. The summed E-state index contributed by atoms with van der Waals surface area (Å²) in [5.41, 5.74) is 0. The van der Waals surface area contributed by atoms with E-state index in [0.717, 1.165) is 32.5 Å². The number of nitrogens with zero attached hydrogens (tertiary/aromatic N) is 3. The quantitative estimate of drug-likeness (QED) is 0.708. The van der Waals surface area contributed by atoms with Crippen molar-refractivity contribution in [2.24, 2.45) is 5.92 Å². The largest absolute Gasteiger partial charge is 0.335 e. The van der Waals surface area contributed by atoms with E-state index < -0.39 is 10.0 Å². The van der Waals surface area contributed by atoms with E-state index >= 15 is 0 Å². The molecule has 0 spiro atoms. The Morgan fingerprint density at radius 3 is 2.33 bits per heavy atom. The molecule has 2 amide bonds. The van der Waals surface area contributed by atoms with Gasteiger partial charge in [-0.25, -0.2) is 13.2 Å². The van der Waals surface area contributed by atoms with Crippen molar-refractivity contribution < 1.29 is 13.2 Å². The van der Waals surface area contributed by atoms with Crippen LogP contribution in [0.1, 0.15) is 26.7 Å². The number of nitrogens with one attached hydrogen (secondary N) is 1. The third-order valence-electron chi connectivity index (χ3n) is 5.58. The summed E-state index contributed by atoms with van der Waals surface area (Å²) in [4.78, 5) is 16.8. The molecule has 2 heterocycles. The molecule has 2 saturated heterocycles. The number of halogens is 2. The Balaban J connectivity index is 1.50. The van der Waals surface area contributed by atoms with E-state index in [4.69, 9.17) is 23.2 Å². The highest BCUT2D eigenvalue weighted by Gasteiger charge is 2.32. The van der Waals surface area contributed by atoms with Crippen LogP contribution in [0.5, 0.6) is 0 Å². The summed E-state index contributed by atoms with van der Waals surface area (Å²) in [6, 6.07) is 4.46. The van der Waals surface area contributed by atoms with Gasteiger partial charge in [0.05, 0.1) is 5.02 Å². The normalized spacial score (nSPS) is 20.0. The van der Waals surface area contributed by atoms with E-state index in [1.54, 1.807) is 11.0 Å². The number of carbonyl (C=O) groups is 1. The summed E-state index contributed by atoms with van der Waals surface area (Å²) in [6.07, 6.45) is 1.89. The Kier molecular flexibility index (Phi) is 7.90. The highest BCUT2D eigenvalue weighted by Crippen LogP contribution is 2.28. The number of carbonyl (C=O) groups excluding carboxylic acids is 1. The highest BCUT2D eigenvalue weighted by atomic mass is 35.5. The molecular formula is C20H30Cl2N4O3S. The molecule has 1 N–H and O–H groups in total. The molecule has 1 aromatic carbocycles. The number of piperidine rings is 1. The van der Waals surface area contributed by atoms with Crippen LogP contribution in [0.15, 0.2) is 23.1 Å². The number of benzene rings is 1. The number of rotatable bonds is 5. The predicted octanol–water partition coefficient (Wildman–Crippen LogP) is 3.13. The minimum atomic E-state index is -3.75. The molecule has 2 aliphatic rings. The molecule has 2 aliphatic heterocycles. The van der Waals surface area contributed by atoms with E-state index in [1.807, 2.05) is 0 Å². The zero-order chi connectivity index (χ0) is 21.9. The van der Waals surface area contributed by atoms with Crippen LogP contribution >= 0.6 is 23.2 Å². The van der Waals surface area contributed by atoms with Crippen molar-refractivity contribution in [2.75, 3.05) is 45.8 Å². The highest BCUT2D eigenvalue weighted by molar-refractivity contribution is 7.89. The van der Waals surface area contributed by atoms with Gasteiger partial charge in [0.15, 0.2) is 0 Å². The maximum Gasteiger partial charge on any atom is 0.317 e. The Labute approximate surface area is 189 Å². The average molecular weight is 477 g/mol. The van der Waals surface area contributed by atoms with Crippen LogP contribution in [0.25, 0.3) is 0 Å². The summed E-state index contributed by atoms with van der Waals surface area (Å²) < 4.78 is 27.2. The maximum atomic E-state index is 12.9. The molecule has 0 unspecified atom stereocenters. The van der Waals surface area contributed by atoms with Gasteiger partial charge in [-0.15, -0.1) is 0 Å². The molecule has 0 saturated carbocycles. The second-order valence-corrected chi connectivity index (χ2v) is 11.1. The second-order valence-electron chi connectivity index (χ2n) is 8.38. The third kappa shape index (κ3) is 5.79. The summed E-state index contributed by atoms with van der Waals surface area (Å²) >= 11 is 12.0. The second kappa shape index (κ2) is 10.0. The molecule has 7 nitrogen and oxygen atoms in total. The molecule has 0 aromatic heterocycles. The van der Waals surface area contributed by atoms with Gasteiger partial charge < -0.3 is 15.1 Å². The molecule has 10 heteroatoms. The fraction of sp³-hybridized carbons (Fsp3) is 0.650. The fourth-order valence-electron chi connectivity index (χ4n) is 3.99. The summed E-state index contributed by atoms with van der Waals surface area (Å²) in [5.74, 6) is 0.644. The van der Waals surface area contributed by atoms with Crippen molar-refractivity contribution in [2.45, 2.75) is 37.6 Å². The van der Waals surface area contributed by atoms with Gasteiger partial charge in [0.2, 0.25) is 10.0 Å². The van der Waals surface area contributed by atoms with Crippen LogP contribution in [0.4, 0.5) is 4.79 Å². The van der Waals surface area contributed by atoms with Gasteiger partial charge in [-0.2, -0.15) is 4.31 Å². The number of piperazine rings is 1. The first kappa shape index (κ1) is 23.6. The standard InChI is InChI=1S/C20H30Cl2N4O3S/c1-15(2)14-24-7-5-17(6-8-24)23-20(27)25-9-11-26(12-10-25)30(28,29)19-13-16(21)3-4-18(19)22/h3-4,13,15,17H,5-12,14H2,1-2H3,(H,23,27). The van der Waals surface area contributed by atoms with E-state index in [1.165, 1.54) is 16.4 Å². The van der Waals surface area contributed by atoms with Gasteiger partial charge in [-0.05, 0) is 37.0 Å². The van der Waals surface area contributed by atoms with Gasteiger partial charge >= 0.3 is 6.03 Å². The number of urea groups is 1. The lowest BCUT2D eigenvalue weighted by Gasteiger charge is -2.37. The maximum absolute atomic E-state index is 12.9. The van der Waals surface area contributed by atoms with Gasteiger partial charge in [0.1, 0.15) is 4.90 Å². The number of likely N-dealkylation sites (tertiary alicyclic amines) is 1. The van der Waals surface area contributed by atoms with E-state index in [2.05, 4.69) is 24.1 Å². The minimum Gasteiger partial charge on any atom is -0.335 e. The molecule has 168 valence electrons. The van der Waals surface area contributed by atoms with Crippen LogP contribution < -0.4 is 5.32 Å². The van der Waals surface area contributed by atoms with E-state index in [0.29, 0.717) is 24.0 Å². The molecule has 0 bridgehead atoms. The summed E-state index contributed by atoms with van der Waals surface area (Å²) in [6.45, 7) is 8.66. The van der Waals surface area contributed by atoms with Gasteiger partial charge in [-0.3, -0.25) is 0 Å². The molecule has 0 atom stereocenters. The summed E-state index contributed by atoms with van der Waals surface area (Å²) in [7, 11) is -3.75. The lowest BCUT2D eigenvalue weighted by Crippen LogP contribution is -2.55. The van der Waals surface area contributed by atoms with Crippen LogP contribution in [0.3, 0.4) is 0 Å². The Bertz CT molecular complexity index is 850. The fourth-order valence-corrected chi connectivity index (χ4v) is 6.15. The Hall–Kier alpha value is -1.06. The van der Waals surface area contributed by atoms with Crippen molar-refractivity contribution in [3.8, 4) is 0 Å². The number of amides is 2. The van der Waals surface area contributed by atoms with Crippen molar-refractivity contribution in [3.05, 3.63) is 28.2 Å². The lowest BCUT2D eigenvalue weighted by atomic mass is 10.0. The Morgan fingerprint density at radius 1 is 1.10 bits per heavy atom. The summed E-state index contributed by atoms with van der Waals surface area (Å²) in [5, 5.41) is 3.58. The van der Waals surface area contributed by atoms with Crippen molar-refractivity contribution in [3.63, 3.8) is 0 Å². The number of hydrogen-bond donors (Lipinski definition) is 1. The van der Waals surface area contributed by atoms with E-state index in [9.17, 15) is 13.2 Å². The number of hydrogen-bond acceptors (Lipinski definition) is 4. The van der Waals surface area contributed by atoms with Gasteiger partial charge in [0.25, 0.3) is 0 Å². The van der Waals surface area contributed by atoms with Gasteiger partial charge in [0, 0.05) is 56.9 Å². The zero-order valence-electron chi connectivity index (χ0n) is 17.5. The lowest BCUT2D eigenvalue weighted by molar-refractivity contribution is 0.152. The smallest absolute Gasteiger partial charge is 0.317 e. The molecule has 0 aliphatic carbocycles. The molecule has 3 rings (SSSR count). The van der Waals surface area contributed by atoms with Gasteiger partial charge in [-0.1, -0.05) is 37.0 Å². The first-order valence-corrected chi connectivity index (χ1v) is 12.6. The van der Waals surface area contributed by atoms with Crippen molar-refractivity contribution >= 4 is 39.3 Å². The first-order chi connectivity index (χ1) is 14.2. The Morgan fingerprint density at radius 2 is 1.73 bits per heavy atom. The van der Waals surface area contributed by atoms with Crippen molar-refractivity contribution in [1.29, 1.82) is 0 Å². The first-order valence-electron chi connectivity index (χ1n) is 10.4. The zero-order valence-corrected chi connectivity index (χ0v) is 19.8. The molecule has 2 fully saturated rings. The van der Waals surface area contributed by atoms with Crippen LogP contribution in [-0.2, 0) is 10.0 Å². The molecular weight excluding hydrogens is 447 g/mol. The van der Waals surface area contributed by atoms with Crippen molar-refractivity contribution in [1.82, 2.24) is 19.4 Å². The molecule has 1 aromatic rings. The number of sulfonamides is 1. The minimum absolute atomic E-state index is 0.00252. The average Bonchev–Trinajstić information content (AvgIpc) is 2.71. The predicted molar refractivity (Wildman–Crippen MR) is 120 cm³/mol. The van der Waals surface area contributed by atoms with Crippen LogP contribution in [-0.4, -0.2) is 80.4 Å². The van der Waals surface area contributed by atoms with Crippen LogP contribution in [0, 0.1) is 5.92 Å².